The Kier molecular flexibility index (Phi) is 4.40. The predicted molar refractivity (Wildman–Crippen MR) is 68.7 cm³/mol. The maximum Gasteiger partial charge on any atom is 0.239 e. The number of carbonyl (C=O) groups excluding carboxylic acids is 1. The SMILES string of the molecule is CC[C@H](N)C(=O)N1CCN(C2CCCC2)CC1. The zero-order valence-corrected chi connectivity index (χ0v) is 10.9. The summed E-state index contributed by atoms with van der Waals surface area (Å²) in [6.07, 6.45) is 6.20. The van der Waals surface area contributed by atoms with Gasteiger partial charge in [0.1, 0.15) is 0 Å². The average molecular weight is 239 g/mol. The summed E-state index contributed by atoms with van der Waals surface area (Å²) in [6, 6.07) is 0.486. The highest BCUT2D eigenvalue weighted by atomic mass is 16.2. The predicted octanol–water partition coefficient (Wildman–Crippen LogP) is 0.811. The Labute approximate surface area is 104 Å². The lowest BCUT2D eigenvalue weighted by Crippen LogP contribution is -2.54. The lowest BCUT2D eigenvalue weighted by atomic mass is 10.1. The standard InChI is InChI=1S/C13H25N3O/c1-2-12(14)13(17)16-9-7-15(8-10-16)11-5-3-4-6-11/h11-12H,2-10,14H2,1H3/t12-/m0/s1. The summed E-state index contributed by atoms with van der Waals surface area (Å²) in [7, 11) is 0. The van der Waals surface area contributed by atoms with Gasteiger partial charge in [0.05, 0.1) is 6.04 Å². The molecule has 2 N–H and O–H groups in total. The molecule has 0 aromatic rings. The fourth-order valence-electron chi connectivity index (χ4n) is 2.99. The Bertz CT molecular complexity index is 255. The van der Waals surface area contributed by atoms with Crippen LogP contribution in [-0.4, -0.2) is 54.0 Å². The molecule has 1 aliphatic carbocycles. The number of carbonyl (C=O) groups is 1. The quantitative estimate of drug-likeness (QED) is 0.793. The van der Waals surface area contributed by atoms with Gasteiger partial charge in [-0.15, -0.1) is 0 Å². The first kappa shape index (κ1) is 12.8. The minimum atomic E-state index is -0.298. The van der Waals surface area contributed by atoms with Crippen LogP contribution in [0, 0.1) is 0 Å². The van der Waals surface area contributed by atoms with Gasteiger partial charge >= 0.3 is 0 Å². The van der Waals surface area contributed by atoms with E-state index in [1.807, 2.05) is 11.8 Å². The van der Waals surface area contributed by atoms with Crippen LogP contribution in [0.2, 0.25) is 0 Å². The van der Waals surface area contributed by atoms with Crippen LogP contribution in [0.5, 0.6) is 0 Å². The van der Waals surface area contributed by atoms with Gasteiger partial charge in [0.25, 0.3) is 0 Å². The third-order valence-corrected chi connectivity index (χ3v) is 4.22. The molecule has 98 valence electrons. The van der Waals surface area contributed by atoms with E-state index in [1.165, 1.54) is 25.7 Å². The lowest BCUT2D eigenvalue weighted by molar-refractivity contribution is -0.134. The van der Waals surface area contributed by atoms with E-state index in [9.17, 15) is 4.79 Å². The Morgan fingerprint density at radius 3 is 2.35 bits per heavy atom. The summed E-state index contributed by atoms with van der Waals surface area (Å²) in [5, 5.41) is 0. The molecule has 1 amide bonds. The minimum Gasteiger partial charge on any atom is -0.339 e. The lowest BCUT2D eigenvalue weighted by Gasteiger charge is -2.38. The van der Waals surface area contributed by atoms with E-state index in [0.29, 0.717) is 0 Å². The van der Waals surface area contributed by atoms with Crippen molar-refractivity contribution in [3.63, 3.8) is 0 Å². The van der Waals surface area contributed by atoms with E-state index in [0.717, 1.165) is 38.6 Å². The van der Waals surface area contributed by atoms with Gasteiger partial charge in [0, 0.05) is 32.2 Å². The number of piperazine rings is 1. The molecule has 2 aliphatic rings. The first-order valence-corrected chi connectivity index (χ1v) is 7.00. The summed E-state index contributed by atoms with van der Waals surface area (Å²) in [6.45, 7) is 5.77. The second kappa shape index (κ2) is 5.83. The zero-order chi connectivity index (χ0) is 12.3. The number of nitrogens with zero attached hydrogens (tertiary/aromatic N) is 2. The third-order valence-electron chi connectivity index (χ3n) is 4.22. The van der Waals surface area contributed by atoms with Gasteiger partial charge in [-0.05, 0) is 19.3 Å². The molecular weight excluding hydrogens is 214 g/mol. The van der Waals surface area contributed by atoms with Crippen molar-refractivity contribution in [1.82, 2.24) is 9.80 Å². The molecule has 1 heterocycles. The summed E-state index contributed by atoms with van der Waals surface area (Å²) >= 11 is 0. The smallest absolute Gasteiger partial charge is 0.239 e. The van der Waals surface area contributed by atoms with Crippen molar-refractivity contribution in [2.24, 2.45) is 5.73 Å². The molecule has 0 aromatic carbocycles. The van der Waals surface area contributed by atoms with Crippen molar-refractivity contribution in [2.45, 2.75) is 51.1 Å². The summed E-state index contributed by atoms with van der Waals surface area (Å²) in [4.78, 5) is 16.4. The normalized spacial score (nSPS) is 25.2. The molecule has 4 heteroatoms. The molecule has 1 saturated carbocycles. The van der Waals surface area contributed by atoms with Crippen LogP contribution in [0.3, 0.4) is 0 Å². The van der Waals surface area contributed by atoms with Crippen LogP contribution in [0.15, 0.2) is 0 Å². The van der Waals surface area contributed by atoms with Gasteiger partial charge in [-0.1, -0.05) is 19.8 Å². The topological polar surface area (TPSA) is 49.6 Å². The van der Waals surface area contributed by atoms with E-state index >= 15 is 0 Å². The van der Waals surface area contributed by atoms with Crippen molar-refractivity contribution in [3.05, 3.63) is 0 Å². The van der Waals surface area contributed by atoms with Crippen LogP contribution in [-0.2, 0) is 4.79 Å². The molecule has 0 radical (unpaired) electrons. The van der Waals surface area contributed by atoms with Crippen molar-refractivity contribution < 1.29 is 4.79 Å². The molecule has 2 rings (SSSR count). The second-order valence-corrected chi connectivity index (χ2v) is 5.31. The van der Waals surface area contributed by atoms with E-state index in [2.05, 4.69) is 4.90 Å². The highest BCUT2D eigenvalue weighted by Gasteiger charge is 2.28. The molecule has 2 fully saturated rings. The molecule has 1 aliphatic heterocycles. The van der Waals surface area contributed by atoms with Crippen molar-refractivity contribution >= 4 is 5.91 Å². The molecule has 0 bridgehead atoms. The molecule has 0 aromatic heterocycles. The van der Waals surface area contributed by atoms with Crippen LogP contribution in [0.25, 0.3) is 0 Å². The number of hydrogen-bond acceptors (Lipinski definition) is 3. The fourth-order valence-corrected chi connectivity index (χ4v) is 2.99. The number of nitrogens with two attached hydrogens (primary N) is 1. The molecule has 1 saturated heterocycles. The van der Waals surface area contributed by atoms with E-state index in [4.69, 9.17) is 5.73 Å². The average Bonchev–Trinajstić information content (AvgIpc) is 2.91. The van der Waals surface area contributed by atoms with Gasteiger partial charge in [0.2, 0.25) is 5.91 Å². The molecule has 17 heavy (non-hydrogen) atoms. The fraction of sp³-hybridized carbons (Fsp3) is 0.923. The van der Waals surface area contributed by atoms with Gasteiger partial charge in [-0.3, -0.25) is 9.69 Å². The maximum atomic E-state index is 11.9. The number of rotatable bonds is 3. The highest BCUT2D eigenvalue weighted by Crippen LogP contribution is 2.24. The monoisotopic (exact) mass is 239 g/mol. The molecule has 0 spiro atoms. The maximum absolute atomic E-state index is 11.9. The molecule has 4 nitrogen and oxygen atoms in total. The Hall–Kier alpha value is -0.610. The molecular formula is C13H25N3O. The minimum absolute atomic E-state index is 0.138. The van der Waals surface area contributed by atoms with Crippen molar-refractivity contribution in [2.75, 3.05) is 26.2 Å². The van der Waals surface area contributed by atoms with Crippen LogP contribution in [0.4, 0.5) is 0 Å². The van der Waals surface area contributed by atoms with Crippen molar-refractivity contribution in [1.29, 1.82) is 0 Å². The Morgan fingerprint density at radius 2 is 1.82 bits per heavy atom. The van der Waals surface area contributed by atoms with Gasteiger partial charge in [-0.2, -0.15) is 0 Å². The number of hydrogen-bond donors (Lipinski definition) is 1. The Balaban J connectivity index is 1.79. The zero-order valence-electron chi connectivity index (χ0n) is 10.9. The Morgan fingerprint density at radius 1 is 1.24 bits per heavy atom. The first-order valence-electron chi connectivity index (χ1n) is 7.00. The molecule has 0 unspecified atom stereocenters. The van der Waals surface area contributed by atoms with Crippen LogP contribution >= 0.6 is 0 Å². The molecule has 1 atom stereocenters. The second-order valence-electron chi connectivity index (χ2n) is 5.31. The first-order chi connectivity index (χ1) is 8.22. The van der Waals surface area contributed by atoms with Crippen molar-refractivity contribution in [3.8, 4) is 0 Å². The van der Waals surface area contributed by atoms with E-state index in [1.54, 1.807) is 0 Å². The van der Waals surface area contributed by atoms with Crippen LogP contribution < -0.4 is 5.73 Å². The summed E-state index contributed by atoms with van der Waals surface area (Å²) in [5.74, 6) is 0.138. The highest BCUT2D eigenvalue weighted by molar-refractivity contribution is 5.81. The summed E-state index contributed by atoms with van der Waals surface area (Å²) in [5.41, 5.74) is 5.80. The van der Waals surface area contributed by atoms with E-state index < -0.39 is 0 Å². The van der Waals surface area contributed by atoms with E-state index in [-0.39, 0.29) is 11.9 Å². The number of amides is 1. The largest absolute Gasteiger partial charge is 0.339 e. The van der Waals surface area contributed by atoms with Gasteiger partial charge < -0.3 is 10.6 Å². The van der Waals surface area contributed by atoms with Gasteiger partial charge in [-0.25, -0.2) is 0 Å². The summed E-state index contributed by atoms with van der Waals surface area (Å²) < 4.78 is 0. The van der Waals surface area contributed by atoms with Gasteiger partial charge in [0.15, 0.2) is 0 Å². The third kappa shape index (κ3) is 2.99. The van der Waals surface area contributed by atoms with Crippen LogP contribution in [0.1, 0.15) is 39.0 Å².